The highest BCUT2D eigenvalue weighted by atomic mass is 127. The topological polar surface area (TPSA) is 89.3 Å². The third-order valence-corrected chi connectivity index (χ3v) is 4.65. The molecule has 2 aromatic rings. The van der Waals surface area contributed by atoms with Crippen LogP contribution in [0.2, 0.25) is 0 Å². The van der Waals surface area contributed by atoms with E-state index < -0.39 is 31.3 Å². The van der Waals surface area contributed by atoms with Crippen LogP contribution in [0.4, 0.5) is 15.8 Å². The highest BCUT2D eigenvalue weighted by molar-refractivity contribution is 14.1. The third-order valence-electron chi connectivity index (χ3n) is 2.50. The molecule has 110 valence electrons. The van der Waals surface area contributed by atoms with Gasteiger partial charge in [-0.15, -0.1) is 0 Å². The minimum Gasteiger partial charge on any atom is -0.279 e. The predicted octanol–water partition coefficient (Wildman–Crippen LogP) is 3.14. The molecule has 0 aromatic heterocycles. The first kappa shape index (κ1) is 15.6. The monoisotopic (exact) mass is 422 g/mol. The zero-order valence-corrected chi connectivity index (χ0v) is 13.3. The van der Waals surface area contributed by atoms with Crippen molar-refractivity contribution in [3.63, 3.8) is 0 Å². The molecule has 0 amide bonds. The van der Waals surface area contributed by atoms with Gasteiger partial charge < -0.3 is 0 Å². The van der Waals surface area contributed by atoms with Crippen LogP contribution in [0.25, 0.3) is 0 Å². The number of nitrogens with zero attached hydrogens (tertiary/aromatic N) is 1. The Bertz CT molecular complexity index is 793. The van der Waals surface area contributed by atoms with Crippen molar-refractivity contribution >= 4 is 44.0 Å². The zero-order chi connectivity index (χ0) is 15.6. The van der Waals surface area contributed by atoms with E-state index in [2.05, 4.69) is 27.3 Å². The van der Waals surface area contributed by atoms with Crippen LogP contribution in [0.1, 0.15) is 0 Å². The number of nitro benzene ring substituents is 1. The fourth-order valence-electron chi connectivity index (χ4n) is 1.59. The second-order valence-electron chi connectivity index (χ2n) is 3.98. The van der Waals surface area contributed by atoms with Gasteiger partial charge in [0.15, 0.2) is 4.90 Å². The number of rotatable bonds is 4. The minimum absolute atomic E-state index is 0.258. The number of sulfonamides is 1. The molecule has 0 aliphatic rings. The maximum atomic E-state index is 13.0. The highest BCUT2D eigenvalue weighted by Gasteiger charge is 2.26. The van der Waals surface area contributed by atoms with Crippen molar-refractivity contribution in [3.8, 4) is 0 Å². The summed E-state index contributed by atoms with van der Waals surface area (Å²) in [7, 11) is -4.18. The molecule has 2 rings (SSSR count). The lowest BCUT2D eigenvalue weighted by Gasteiger charge is -2.08. The largest absolute Gasteiger partial charge is 0.292 e. The first-order chi connectivity index (χ1) is 9.79. The molecule has 0 atom stereocenters. The molecular weight excluding hydrogens is 414 g/mol. The Hall–Kier alpha value is -1.75. The summed E-state index contributed by atoms with van der Waals surface area (Å²) in [6.07, 6.45) is 0. The standard InChI is InChI=1S/C12H8FIN2O4S/c13-8-1-6-12(11(7-8)16(17)18)21(19,20)15-10-4-2-9(14)3-5-10/h1-7,15H. The lowest BCUT2D eigenvalue weighted by atomic mass is 10.3. The molecule has 0 bridgehead atoms. The van der Waals surface area contributed by atoms with Crippen LogP contribution in [-0.2, 0) is 10.0 Å². The van der Waals surface area contributed by atoms with E-state index in [1.807, 2.05) is 0 Å². The first-order valence-electron chi connectivity index (χ1n) is 5.52. The summed E-state index contributed by atoms with van der Waals surface area (Å²) in [6.45, 7) is 0. The number of nitrogens with one attached hydrogen (secondary N) is 1. The molecule has 2 aromatic carbocycles. The fourth-order valence-corrected chi connectivity index (χ4v) is 3.16. The van der Waals surface area contributed by atoms with Gasteiger partial charge in [-0.1, -0.05) is 0 Å². The van der Waals surface area contributed by atoms with Gasteiger partial charge in [-0.05, 0) is 59.0 Å². The molecular formula is C12H8FIN2O4S. The molecule has 1 N–H and O–H groups in total. The van der Waals surface area contributed by atoms with E-state index in [0.717, 1.165) is 15.7 Å². The van der Waals surface area contributed by atoms with Crippen LogP contribution >= 0.6 is 22.6 Å². The van der Waals surface area contributed by atoms with Crippen molar-refractivity contribution in [1.82, 2.24) is 0 Å². The summed E-state index contributed by atoms with van der Waals surface area (Å²) < 4.78 is 40.5. The highest BCUT2D eigenvalue weighted by Crippen LogP contribution is 2.26. The average Bonchev–Trinajstić information content (AvgIpc) is 2.40. The fraction of sp³-hybridized carbons (Fsp3) is 0. The Morgan fingerprint density at radius 1 is 1.14 bits per heavy atom. The summed E-state index contributed by atoms with van der Waals surface area (Å²) in [5, 5.41) is 10.9. The van der Waals surface area contributed by atoms with Crippen LogP contribution in [0, 0.1) is 19.5 Å². The van der Waals surface area contributed by atoms with E-state index >= 15 is 0 Å². The molecule has 0 aliphatic heterocycles. The molecule has 0 heterocycles. The summed E-state index contributed by atoms with van der Waals surface area (Å²) in [5.74, 6) is -0.880. The number of hydrogen-bond acceptors (Lipinski definition) is 4. The smallest absolute Gasteiger partial charge is 0.279 e. The zero-order valence-electron chi connectivity index (χ0n) is 10.3. The van der Waals surface area contributed by atoms with Gasteiger partial charge in [0.25, 0.3) is 15.7 Å². The van der Waals surface area contributed by atoms with Gasteiger partial charge in [-0.3, -0.25) is 14.8 Å². The average molecular weight is 422 g/mol. The maximum absolute atomic E-state index is 13.0. The normalized spacial score (nSPS) is 11.1. The lowest BCUT2D eigenvalue weighted by Crippen LogP contribution is -2.14. The summed E-state index contributed by atoms with van der Waals surface area (Å²) >= 11 is 2.05. The van der Waals surface area contributed by atoms with Crippen molar-refractivity contribution in [2.24, 2.45) is 0 Å². The van der Waals surface area contributed by atoms with Crippen molar-refractivity contribution in [3.05, 3.63) is 62.0 Å². The van der Waals surface area contributed by atoms with Gasteiger partial charge in [0, 0.05) is 9.26 Å². The van der Waals surface area contributed by atoms with Crippen LogP contribution < -0.4 is 4.72 Å². The van der Waals surface area contributed by atoms with Crippen LogP contribution in [0.15, 0.2) is 47.4 Å². The van der Waals surface area contributed by atoms with Crippen molar-refractivity contribution < 1.29 is 17.7 Å². The molecule has 9 heteroatoms. The molecule has 0 saturated heterocycles. The molecule has 0 unspecified atom stereocenters. The number of halogens is 2. The van der Waals surface area contributed by atoms with Gasteiger partial charge in [0.1, 0.15) is 5.82 Å². The third kappa shape index (κ3) is 3.67. The number of nitro groups is 1. The molecule has 0 fully saturated rings. The SMILES string of the molecule is O=[N+]([O-])c1cc(F)ccc1S(=O)(=O)Nc1ccc(I)cc1. The van der Waals surface area contributed by atoms with E-state index in [4.69, 9.17) is 0 Å². The maximum Gasteiger partial charge on any atom is 0.292 e. The lowest BCUT2D eigenvalue weighted by molar-refractivity contribution is -0.388. The second kappa shape index (κ2) is 5.93. The van der Waals surface area contributed by atoms with E-state index in [1.165, 1.54) is 12.1 Å². The quantitative estimate of drug-likeness (QED) is 0.466. The number of hydrogen-bond donors (Lipinski definition) is 1. The molecule has 0 aliphatic carbocycles. The molecule has 21 heavy (non-hydrogen) atoms. The van der Waals surface area contributed by atoms with E-state index in [1.54, 1.807) is 12.1 Å². The van der Waals surface area contributed by atoms with Gasteiger partial charge in [0.2, 0.25) is 0 Å². The van der Waals surface area contributed by atoms with Crippen molar-refractivity contribution in [2.45, 2.75) is 4.90 Å². The van der Waals surface area contributed by atoms with E-state index in [0.29, 0.717) is 6.07 Å². The molecule has 0 radical (unpaired) electrons. The van der Waals surface area contributed by atoms with Gasteiger partial charge in [-0.25, -0.2) is 12.8 Å². The van der Waals surface area contributed by atoms with Gasteiger partial charge in [0.05, 0.1) is 11.0 Å². The minimum atomic E-state index is -4.18. The van der Waals surface area contributed by atoms with Gasteiger partial charge >= 0.3 is 0 Å². The summed E-state index contributed by atoms with van der Waals surface area (Å²) in [4.78, 5) is 9.33. The van der Waals surface area contributed by atoms with E-state index in [-0.39, 0.29) is 5.69 Å². The van der Waals surface area contributed by atoms with Crippen LogP contribution in [0.5, 0.6) is 0 Å². The summed E-state index contributed by atoms with van der Waals surface area (Å²) in [5.41, 5.74) is -0.554. The molecule has 0 spiro atoms. The van der Waals surface area contributed by atoms with Crippen LogP contribution in [-0.4, -0.2) is 13.3 Å². The Kier molecular flexibility index (Phi) is 4.42. The number of anilines is 1. The Balaban J connectivity index is 2.44. The van der Waals surface area contributed by atoms with E-state index in [9.17, 15) is 22.9 Å². The first-order valence-corrected chi connectivity index (χ1v) is 8.08. The molecule has 6 nitrogen and oxygen atoms in total. The molecule has 0 saturated carbocycles. The predicted molar refractivity (Wildman–Crippen MR) is 83.0 cm³/mol. The summed E-state index contributed by atoms with van der Waals surface area (Å²) in [6, 6.07) is 8.69. The van der Waals surface area contributed by atoms with Crippen molar-refractivity contribution in [1.29, 1.82) is 0 Å². The Morgan fingerprint density at radius 3 is 2.33 bits per heavy atom. The van der Waals surface area contributed by atoms with Gasteiger partial charge in [-0.2, -0.15) is 0 Å². The Labute approximate surface area is 133 Å². The van der Waals surface area contributed by atoms with Crippen LogP contribution in [0.3, 0.4) is 0 Å². The second-order valence-corrected chi connectivity index (χ2v) is 6.88. The Morgan fingerprint density at radius 2 is 1.76 bits per heavy atom. The van der Waals surface area contributed by atoms with Crippen molar-refractivity contribution in [2.75, 3.05) is 4.72 Å². The number of benzene rings is 2.